The second-order valence-electron chi connectivity index (χ2n) is 22.0. The lowest BCUT2D eigenvalue weighted by Crippen LogP contribution is -2.30. The number of rotatable bonds is 60. The Morgan fingerprint density at radius 1 is 0.266 bits per heavy atom. The zero-order chi connectivity index (χ0) is 57.1. The standard InChI is InChI=1S/C73H124O6/c1-4-7-10-13-16-19-22-25-27-29-31-32-33-34-35-36-37-38-39-40-42-43-45-48-51-54-57-60-63-66-72(75)78-69-70(68-77-71(74)65-62-59-56-53-50-47-24-21-18-15-12-9-6-3)79-73(76)67-64-61-58-55-52-49-46-44-41-30-28-26-23-20-17-14-11-8-5-2/h8-9,11-12,17-18,20-21,26,28-29,31,41,44,47,50,56,59,70H,4-7,10,13-16,19,22-25,27,30,32-40,42-43,45-46,48-49,51-55,57-58,60-69H2,1-3H3/b11-8-,12-9-,20-17-,21-18-,28-26-,31-29-,44-41-,50-47-,59-56-. The monoisotopic (exact) mass is 1100 g/mol. The molecule has 1 atom stereocenters. The van der Waals surface area contributed by atoms with E-state index in [9.17, 15) is 14.4 Å². The molecular formula is C73H124O6. The van der Waals surface area contributed by atoms with Crippen LogP contribution in [0.15, 0.2) is 109 Å². The maximum atomic E-state index is 12.9. The predicted octanol–water partition coefficient (Wildman–Crippen LogP) is 23.0. The molecule has 0 aliphatic carbocycles. The van der Waals surface area contributed by atoms with Gasteiger partial charge in [-0.3, -0.25) is 14.4 Å². The molecule has 0 saturated carbocycles. The maximum Gasteiger partial charge on any atom is 0.306 e. The van der Waals surface area contributed by atoms with Crippen LogP contribution in [0.2, 0.25) is 0 Å². The molecule has 1 unspecified atom stereocenters. The fourth-order valence-corrected chi connectivity index (χ4v) is 9.33. The van der Waals surface area contributed by atoms with Crippen LogP contribution in [0, 0.1) is 0 Å². The summed E-state index contributed by atoms with van der Waals surface area (Å²) >= 11 is 0. The first-order valence-corrected chi connectivity index (χ1v) is 33.4. The summed E-state index contributed by atoms with van der Waals surface area (Å²) in [6, 6.07) is 0. The van der Waals surface area contributed by atoms with E-state index in [0.717, 1.165) is 103 Å². The molecule has 0 bridgehead atoms. The van der Waals surface area contributed by atoms with Crippen LogP contribution in [0.1, 0.15) is 316 Å². The molecule has 0 heterocycles. The summed E-state index contributed by atoms with van der Waals surface area (Å²) in [6.07, 6.45) is 91.4. The average molecular weight is 1100 g/mol. The normalized spacial score (nSPS) is 12.8. The van der Waals surface area contributed by atoms with E-state index in [2.05, 4.69) is 124 Å². The Labute approximate surface area is 489 Å². The van der Waals surface area contributed by atoms with Crippen LogP contribution < -0.4 is 0 Å². The van der Waals surface area contributed by atoms with Crippen LogP contribution in [0.3, 0.4) is 0 Å². The molecule has 0 radical (unpaired) electrons. The van der Waals surface area contributed by atoms with Crippen molar-refractivity contribution in [3.8, 4) is 0 Å². The summed E-state index contributed by atoms with van der Waals surface area (Å²) in [5.74, 6) is -0.997. The van der Waals surface area contributed by atoms with Gasteiger partial charge in [0, 0.05) is 19.3 Å². The van der Waals surface area contributed by atoms with E-state index < -0.39 is 6.10 Å². The first-order chi connectivity index (χ1) is 39.0. The van der Waals surface area contributed by atoms with E-state index in [1.165, 1.54) is 167 Å². The summed E-state index contributed by atoms with van der Waals surface area (Å²) in [5, 5.41) is 0. The minimum absolute atomic E-state index is 0.105. The fraction of sp³-hybridized carbons (Fsp3) is 0.712. The molecule has 6 heteroatoms. The highest BCUT2D eigenvalue weighted by atomic mass is 16.6. The highest BCUT2D eigenvalue weighted by molar-refractivity contribution is 5.71. The van der Waals surface area contributed by atoms with Gasteiger partial charge in [-0.15, -0.1) is 0 Å². The molecule has 0 aromatic carbocycles. The van der Waals surface area contributed by atoms with Crippen molar-refractivity contribution in [1.82, 2.24) is 0 Å². The van der Waals surface area contributed by atoms with Crippen molar-refractivity contribution in [3.05, 3.63) is 109 Å². The van der Waals surface area contributed by atoms with Gasteiger partial charge in [-0.1, -0.05) is 297 Å². The molecule has 0 amide bonds. The van der Waals surface area contributed by atoms with Gasteiger partial charge in [0.15, 0.2) is 6.10 Å². The topological polar surface area (TPSA) is 78.9 Å². The van der Waals surface area contributed by atoms with Crippen LogP contribution in [0.25, 0.3) is 0 Å². The Balaban J connectivity index is 4.28. The van der Waals surface area contributed by atoms with Gasteiger partial charge in [0.2, 0.25) is 0 Å². The van der Waals surface area contributed by atoms with Crippen LogP contribution in [0.5, 0.6) is 0 Å². The number of unbranched alkanes of at least 4 members (excludes halogenated alkanes) is 31. The number of hydrogen-bond donors (Lipinski definition) is 0. The molecule has 0 aliphatic heterocycles. The zero-order valence-corrected chi connectivity index (χ0v) is 51.9. The highest BCUT2D eigenvalue weighted by Gasteiger charge is 2.19. The van der Waals surface area contributed by atoms with E-state index in [4.69, 9.17) is 14.2 Å². The predicted molar refractivity (Wildman–Crippen MR) is 343 cm³/mol. The molecule has 0 saturated heterocycles. The van der Waals surface area contributed by atoms with Gasteiger partial charge in [0.05, 0.1) is 0 Å². The van der Waals surface area contributed by atoms with E-state index in [1.54, 1.807) is 0 Å². The molecule has 0 fully saturated rings. The third-order valence-electron chi connectivity index (χ3n) is 14.3. The lowest BCUT2D eigenvalue weighted by Gasteiger charge is -2.18. The van der Waals surface area contributed by atoms with E-state index in [0.29, 0.717) is 19.3 Å². The maximum absolute atomic E-state index is 12.9. The molecule has 0 aromatic rings. The van der Waals surface area contributed by atoms with Crippen molar-refractivity contribution >= 4 is 17.9 Å². The Hall–Kier alpha value is -3.93. The van der Waals surface area contributed by atoms with Gasteiger partial charge in [-0.25, -0.2) is 0 Å². The second-order valence-corrected chi connectivity index (χ2v) is 22.0. The van der Waals surface area contributed by atoms with E-state index in [-0.39, 0.29) is 37.5 Å². The SMILES string of the molecule is CC/C=C\C/C=C\C/C=C\C/C=C\CCCCCCCCC(=O)OC(COC(=O)CC/C=C\C/C=C\C/C=C\C/C=C\CC)COC(=O)CCCCCCCCCCCCCCCCCCC/C=C\CCCCCCCCCC. The number of esters is 3. The number of carbonyl (C=O) groups is 3. The summed E-state index contributed by atoms with van der Waals surface area (Å²) < 4.78 is 16.8. The fourth-order valence-electron chi connectivity index (χ4n) is 9.33. The minimum atomic E-state index is -0.817. The molecule has 6 nitrogen and oxygen atoms in total. The van der Waals surface area contributed by atoms with Crippen molar-refractivity contribution in [2.75, 3.05) is 13.2 Å². The van der Waals surface area contributed by atoms with Gasteiger partial charge in [-0.05, 0) is 109 Å². The summed E-state index contributed by atoms with van der Waals surface area (Å²) in [5.41, 5.74) is 0. The van der Waals surface area contributed by atoms with E-state index in [1.807, 2.05) is 6.08 Å². The van der Waals surface area contributed by atoms with Gasteiger partial charge in [0.1, 0.15) is 13.2 Å². The van der Waals surface area contributed by atoms with Crippen molar-refractivity contribution in [3.63, 3.8) is 0 Å². The Morgan fingerprint density at radius 2 is 0.519 bits per heavy atom. The summed E-state index contributed by atoms with van der Waals surface area (Å²) in [7, 11) is 0. The molecule has 0 spiro atoms. The van der Waals surface area contributed by atoms with Crippen molar-refractivity contribution in [2.24, 2.45) is 0 Å². The largest absolute Gasteiger partial charge is 0.462 e. The third kappa shape index (κ3) is 64.8. The highest BCUT2D eigenvalue weighted by Crippen LogP contribution is 2.17. The van der Waals surface area contributed by atoms with Crippen LogP contribution in [-0.4, -0.2) is 37.2 Å². The Kier molecular flexibility index (Phi) is 63.3. The third-order valence-corrected chi connectivity index (χ3v) is 14.3. The number of carbonyl (C=O) groups excluding carboxylic acids is 3. The molecule has 0 N–H and O–H groups in total. The molecule has 452 valence electrons. The lowest BCUT2D eigenvalue weighted by molar-refractivity contribution is -0.166. The quantitative estimate of drug-likeness (QED) is 0.0261. The molecule has 0 aromatic heterocycles. The van der Waals surface area contributed by atoms with Gasteiger partial charge >= 0.3 is 17.9 Å². The van der Waals surface area contributed by atoms with Crippen molar-refractivity contribution in [1.29, 1.82) is 0 Å². The number of hydrogen-bond acceptors (Lipinski definition) is 6. The molecule has 0 rings (SSSR count). The average Bonchev–Trinajstić information content (AvgIpc) is 3.45. The molecule has 79 heavy (non-hydrogen) atoms. The summed E-state index contributed by atoms with van der Waals surface area (Å²) in [4.78, 5) is 38.3. The van der Waals surface area contributed by atoms with Gasteiger partial charge in [0.25, 0.3) is 0 Å². The zero-order valence-electron chi connectivity index (χ0n) is 51.9. The van der Waals surface area contributed by atoms with Crippen LogP contribution in [-0.2, 0) is 28.6 Å². The Bertz CT molecular complexity index is 1590. The first-order valence-electron chi connectivity index (χ1n) is 33.4. The lowest BCUT2D eigenvalue weighted by atomic mass is 10.0. The summed E-state index contributed by atoms with van der Waals surface area (Å²) in [6.45, 7) is 6.36. The van der Waals surface area contributed by atoms with Crippen molar-refractivity contribution < 1.29 is 28.6 Å². The molecular weight excluding hydrogens is 973 g/mol. The Morgan fingerprint density at radius 3 is 0.861 bits per heavy atom. The van der Waals surface area contributed by atoms with Crippen molar-refractivity contribution in [2.45, 2.75) is 322 Å². The minimum Gasteiger partial charge on any atom is -0.462 e. The van der Waals surface area contributed by atoms with Crippen LogP contribution >= 0.6 is 0 Å². The van der Waals surface area contributed by atoms with Crippen LogP contribution in [0.4, 0.5) is 0 Å². The van der Waals surface area contributed by atoms with Gasteiger partial charge < -0.3 is 14.2 Å². The number of allylic oxidation sites excluding steroid dienone is 18. The number of ether oxygens (including phenoxy) is 3. The smallest absolute Gasteiger partial charge is 0.306 e. The first kappa shape index (κ1) is 75.1. The molecule has 0 aliphatic rings. The van der Waals surface area contributed by atoms with E-state index >= 15 is 0 Å². The second kappa shape index (κ2) is 66.6. The van der Waals surface area contributed by atoms with Gasteiger partial charge in [-0.2, -0.15) is 0 Å².